The molecule has 0 saturated heterocycles. The topological polar surface area (TPSA) is 82.3 Å². The molecule has 1 atom stereocenters. The average molecular weight is 466 g/mol. The van der Waals surface area contributed by atoms with Gasteiger partial charge in [-0.15, -0.1) is 0 Å². The summed E-state index contributed by atoms with van der Waals surface area (Å²) in [6.07, 6.45) is 5.27. The van der Waals surface area contributed by atoms with Crippen LogP contribution in [-0.2, 0) is 14.8 Å². The standard InChI is InChI=1S/C26H31N3O3S/c1-18(2)16-25(28-33(31,32)21-10-8-19(3)9-11-21)26(30)29-14-12-20(13-15-29)23-17-27-24-7-5-4-6-22(23)24/h4-12,17-18,25,27-28H,13-16H2,1-3H3/t25-/m0/s1. The van der Waals surface area contributed by atoms with Crippen LogP contribution < -0.4 is 4.72 Å². The first-order valence-electron chi connectivity index (χ1n) is 11.4. The smallest absolute Gasteiger partial charge is 0.241 e. The molecule has 0 saturated carbocycles. The Morgan fingerprint density at radius 1 is 1.12 bits per heavy atom. The van der Waals surface area contributed by atoms with Gasteiger partial charge in [-0.2, -0.15) is 4.72 Å². The number of aromatic amines is 1. The Bertz CT molecular complexity index is 1270. The molecular formula is C26H31N3O3S. The molecule has 174 valence electrons. The van der Waals surface area contributed by atoms with E-state index in [0.717, 1.165) is 23.1 Å². The summed E-state index contributed by atoms with van der Waals surface area (Å²) >= 11 is 0. The summed E-state index contributed by atoms with van der Waals surface area (Å²) in [6, 6.07) is 14.1. The Morgan fingerprint density at radius 2 is 1.85 bits per heavy atom. The first-order chi connectivity index (χ1) is 15.7. The highest BCUT2D eigenvalue weighted by molar-refractivity contribution is 7.89. The molecule has 0 radical (unpaired) electrons. The van der Waals surface area contributed by atoms with Crippen molar-refractivity contribution in [2.75, 3.05) is 13.1 Å². The first kappa shape index (κ1) is 23.3. The number of aromatic nitrogens is 1. The largest absolute Gasteiger partial charge is 0.361 e. The molecule has 1 aliphatic heterocycles. The molecule has 0 spiro atoms. The summed E-state index contributed by atoms with van der Waals surface area (Å²) in [4.78, 5) is 18.6. The van der Waals surface area contributed by atoms with Crippen molar-refractivity contribution in [1.82, 2.24) is 14.6 Å². The third-order valence-corrected chi connectivity index (χ3v) is 7.58. The predicted octanol–water partition coefficient (Wildman–Crippen LogP) is 4.49. The molecule has 0 unspecified atom stereocenters. The number of benzene rings is 2. The van der Waals surface area contributed by atoms with Crippen LogP contribution in [0.3, 0.4) is 0 Å². The molecule has 0 fully saturated rings. The zero-order chi connectivity index (χ0) is 23.6. The van der Waals surface area contributed by atoms with E-state index in [1.165, 1.54) is 11.0 Å². The number of hydrogen-bond donors (Lipinski definition) is 2. The van der Waals surface area contributed by atoms with Crippen LogP contribution in [-0.4, -0.2) is 43.3 Å². The Labute approximate surface area is 195 Å². The summed E-state index contributed by atoms with van der Waals surface area (Å²) in [5.74, 6) is -0.00426. The van der Waals surface area contributed by atoms with Crippen LogP contribution in [0.4, 0.5) is 0 Å². The van der Waals surface area contributed by atoms with Gasteiger partial charge in [0.2, 0.25) is 15.9 Å². The lowest BCUT2D eigenvalue weighted by Crippen LogP contribution is -2.50. The minimum Gasteiger partial charge on any atom is -0.361 e. The van der Waals surface area contributed by atoms with Gasteiger partial charge < -0.3 is 9.88 Å². The number of H-pyrrole nitrogens is 1. The van der Waals surface area contributed by atoms with E-state index in [1.54, 1.807) is 29.2 Å². The first-order valence-corrected chi connectivity index (χ1v) is 12.9. The van der Waals surface area contributed by atoms with E-state index in [2.05, 4.69) is 27.9 Å². The van der Waals surface area contributed by atoms with Crippen LogP contribution >= 0.6 is 0 Å². The summed E-state index contributed by atoms with van der Waals surface area (Å²) in [5, 5.41) is 1.17. The van der Waals surface area contributed by atoms with Crippen molar-refractivity contribution in [3.05, 3.63) is 71.9 Å². The number of amides is 1. The maximum Gasteiger partial charge on any atom is 0.241 e. The van der Waals surface area contributed by atoms with Crippen LogP contribution in [0.5, 0.6) is 0 Å². The molecule has 33 heavy (non-hydrogen) atoms. The monoisotopic (exact) mass is 465 g/mol. The van der Waals surface area contributed by atoms with Gasteiger partial charge in [-0.05, 0) is 49.5 Å². The molecule has 4 rings (SSSR count). The van der Waals surface area contributed by atoms with Gasteiger partial charge >= 0.3 is 0 Å². The predicted molar refractivity (Wildman–Crippen MR) is 132 cm³/mol. The molecule has 2 aromatic carbocycles. The van der Waals surface area contributed by atoms with E-state index in [4.69, 9.17) is 0 Å². The number of hydrogen-bond acceptors (Lipinski definition) is 3. The fourth-order valence-corrected chi connectivity index (χ4v) is 5.52. The fourth-order valence-electron chi connectivity index (χ4n) is 4.32. The van der Waals surface area contributed by atoms with Gasteiger partial charge in [0.15, 0.2) is 0 Å². The van der Waals surface area contributed by atoms with Gasteiger partial charge in [0.05, 0.1) is 4.90 Å². The number of sulfonamides is 1. The van der Waals surface area contributed by atoms with Crippen molar-refractivity contribution >= 4 is 32.4 Å². The number of aryl methyl sites for hydroxylation is 1. The molecule has 1 amide bonds. The van der Waals surface area contributed by atoms with E-state index in [0.29, 0.717) is 19.5 Å². The van der Waals surface area contributed by atoms with Crippen LogP contribution in [0, 0.1) is 12.8 Å². The Kier molecular flexibility index (Phi) is 6.72. The van der Waals surface area contributed by atoms with Crippen LogP contribution in [0.1, 0.15) is 37.8 Å². The average Bonchev–Trinajstić information content (AvgIpc) is 3.22. The van der Waals surface area contributed by atoms with Crippen molar-refractivity contribution in [2.24, 2.45) is 5.92 Å². The van der Waals surface area contributed by atoms with Crippen molar-refractivity contribution < 1.29 is 13.2 Å². The number of carbonyl (C=O) groups excluding carboxylic acids is 1. The highest BCUT2D eigenvalue weighted by Crippen LogP contribution is 2.29. The molecule has 1 aromatic heterocycles. The number of carbonyl (C=O) groups is 1. The van der Waals surface area contributed by atoms with Gasteiger partial charge in [-0.25, -0.2) is 8.42 Å². The van der Waals surface area contributed by atoms with Gasteiger partial charge in [0, 0.05) is 35.8 Å². The molecule has 1 aliphatic rings. The number of para-hydroxylation sites is 1. The molecule has 0 aliphatic carbocycles. The Morgan fingerprint density at radius 3 is 2.52 bits per heavy atom. The summed E-state index contributed by atoms with van der Waals surface area (Å²) in [7, 11) is -3.79. The van der Waals surface area contributed by atoms with Crippen LogP contribution in [0.15, 0.2) is 65.7 Å². The van der Waals surface area contributed by atoms with Gasteiger partial charge in [0.25, 0.3) is 0 Å². The highest BCUT2D eigenvalue weighted by Gasteiger charge is 2.31. The zero-order valence-electron chi connectivity index (χ0n) is 19.3. The van der Waals surface area contributed by atoms with E-state index in [-0.39, 0.29) is 16.7 Å². The van der Waals surface area contributed by atoms with Crippen LogP contribution in [0.2, 0.25) is 0 Å². The Hall–Kier alpha value is -2.90. The van der Waals surface area contributed by atoms with Crippen molar-refractivity contribution in [1.29, 1.82) is 0 Å². The summed E-state index contributed by atoms with van der Waals surface area (Å²) in [5.41, 5.74) is 4.44. The second-order valence-corrected chi connectivity index (χ2v) is 10.8. The molecular weight excluding hydrogens is 434 g/mol. The molecule has 0 bridgehead atoms. The lowest BCUT2D eigenvalue weighted by atomic mass is 9.97. The van der Waals surface area contributed by atoms with Gasteiger partial charge in [-0.1, -0.05) is 55.8 Å². The molecule has 2 N–H and O–H groups in total. The number of rotatable bonds is 7. The minimum atomic E-state index is -3.79. The normalized spacial score (nSPS) is 15.6. The maximum atomic E-state index is 13.4. The third-order valence-electron chi connectivity index (χ3n) is 6.09. The fraction of sp³-hybridized carbons (Fsp3) is 0.346. The molecule has 2 heterocycles. The highest BCUT2D eigenvalue weighted by atomic mass is 32.2. The SMILES string of the molecule is Cc1ccc(S(=O)(=O)N[C@@H](CC(C)C)C(=O)N2CC=C(c3c[nH]c4ccccc34)CC2)cc1. The maximum absolute atomic E-state index is 13.4. The van der Waals surface area contributed by atoms with Gasteiger partial charge in [0.1, 0.15) is 6.04 Å². The third kappa shape index (κ3) is 5.20. The van der Waals surface area contributed by atoms with Gasteiger partial charge in [-0.3, -0.25) is 4.79 Å². The molecule has 3 aromatic rings. The lowest BCUT2D eigenvalue weighted by Gasteiger charge is -2.31. The van der Waals surface area contributed by atoms with Crippen molar-refractivity contribution in [3.63, 3.8) is 0 Å². The van der Waals surface area contributed by atoms with Crippen LogP contribution in [0.25, 0.3) is 16.5 Å². The number of fused-ring (bicyclic) bond motifs is 1. The minimum absolute atomic E-state index is 0.168. The second-order valence-electron chi connectivity index (χ2n) is 9.13. The van der Waals surface area contributed by atoms with Crippen molar-refractivity contribution in [3.8, 4) is 0 Å². The quantitative estimate of drug-likeness (QED) is 0.540. The van der Waals surface area contributed by atoms with Crippen molar-refractivity contribution in [2.45, 2.75) is 44.6 Å². The van der Waals surface area contributed by atoms with E-state index < -0.39 is 16.1 Å². The second kappa shape index (κ2) is 9.53. The Balaban J connectivity index is 1.51. The number of nitrogens with one attached hydrogen (secondary N) is 2. The molecule has 6 nitrogen and oxygen atoms in total. The van der Waals surface area contributed by atoms with E-state index in [9.17, 15) is 13.2 Å². The number of nitrogens with zero attached hydrogens (tertiary/aromatic N) is 1. The lowest BCUT2D eigenvalue weighted by molar-refractivity contribution is -0.133. The summed E-state index contributed by atoms with van der Waals surface area (Å²) in [6.45, 7) is 6.92. The molecule has 7 heteroatoms. The summed E-state index contributed by atoms with van der Waals surface area (Å²) < 4.78 is 28.6. The zero-order valence-corrected chi connectivity index (χ0v) is 20.2. The van der Waals surface area contributed by atoms with E-state index in [1.807, 2.05) is 39.1 Å². The van der Waals surface area contributed by atoms with E-state index >= 15 is 0 Å².